The van der Waals surface area contributed by atoms with Crippen LogP contribution in [0.4, 0.5) is 0 Å². The highest BCUT2D eigenvalue weighted by atomic mass is 16.6. The quantitative estimate of drug-likeness (QED) is 0.379. The molecule has 1 amide bonds. The van der Waals surface area contributed by atoms with Gasteiger partial charge in [-0.05, 0) is 50.8 Å². The van der Waals surface area contributed by atoms with Gasteiger partial charge in [0.25, 0.3) is 5.91 Å². The topological polar surface area (TPSA) is 80.9 Å². The summed E-state index contributed by atoms with van der Waals surface area (Å²) in [6.07, 6.45) is 0.187. The summed E-state index contributed by atoms with van der Waals surface area (Å²) in [5.41, 5.74) is 4.92. The second-order valence-electron chi connectivity index (χ2n) is 11.0. The van der Waals surface area contributed by atoms with Crippen LogP contribution in [0.2, 0.25) is 0 Å². The number of aromatic nitrogens is 2. The number of rotatable bonds is 2. The molecule has 8 heteroatoms. The highest BCUT2D eigenvalue weighted by molar-refractivity contribution is 6.31. The molecular formula is C29H28N4O4. The van der Waals surface area contributed by atoms with Gasteiger partial charge in [0.1, 0.15) is 18.1 Å². The third kappa shape index (κ3) is 2.37. The molecule has 37 heavy (non-hydrogen) atoms. The highest BCUT2D eigenvalue weighted by Gasteiger charge is 2.53. The molecule has 2 N–H and O–H groups in total. The number of likely N-dealkylation sites (N-methyl/N-ethyl adjacent to an activating group) is 1. The Labute approximate surface area is 212 Å². The Morgan fingerprint density at radius 3 is 2.70 bits per heavy atom. The minimum absolute atomic E-state index is 0.0728. The third-order valence-electron chi connectivity index (χ3n) is 8.94. The molecule has 3 aromatic carbocycles. The van der Waals surface area contributed by atoms with Gasteiger partial charge in [-0.15, -0.1) is 0 Å². The number of phenolic OH excluding ortho intramolecular Hbond substituents is 1. The molecule has 0 spiro atoms. The van der Waals surface area contributed by atoms with E-state index in [1.54, 1.807) is 19.2 Å². The first-order chi connectivity index (χ1) is 17.8. The van der Waals surface area contributed by atoms with Gasteiger partial charge in [0, 0.05) is 47.7 Å². The summed E-state index contributed by atoms with van der Waals surface area (Å²) in [6.45, 7) is 2.60. The highest BCUT2D eigenvalue weighted by Crippen LogP contribution is 2.54. The molecule has 8 rings (SSSR count). The lowest BCUT2D eigenvalue weighted by atomic mass is 9.92. The van der Waals surface area contributed by atoms with Crippen LogP contribution in [-0.2, 0) is 21.7 Å². The Bertz CT molecular complexity index is 1830. The Morgan fingerprint density at radius 1 is 1.11 bits per heavy atom. The van der Waals surface area contributed by atoms with Gasteiger partial charge in [-0.1, -0.05) is 18.2 Å². The number of fused-ring (bicyclic) bond motifs is 13. The maximum atomic E-state index is 13.4. The zero-order valence-corrected chi connectivity index (χ0v) is 21.2. The van der Waals surface area contributed by atoms with E-state index in [2.05, 4.69) is 64.6 Å². The zero-order valence-electron chi connectivity index (χ0n) is 21.2. The number of methoxy groups -OCH3 is 1. The normalized spacial score (nSPS) is 26.6. The molecule has 2 bridgehead atoms. The monoisotopic (exact) mass is 496 g/mol. The van der Waals surface area contributed by atoms with Crippen molar-refractivity contribution in [3.8, 4) is 5.75 Å². The number of nitrogens with one attached hydrogen (secondary N) is 1. The van der Waals surface area contributed by atoms with Gasteiger partial charge in [0.15, 0.2) is 5.72 Å². The smallest absolute Gasteiger partial charge is 0.252 e. The summed E-state index contributed by atoms with van der Waals surface area (Å²) < 4.78 is 17.9. The van der Waals surface area contributed by atoms with Gasteiger partial charge in [0.2, 0.25) is 0 Å². The van der Waals surface area contributed by atoms with E-state index >= 15 is 0 Å². The molecule has 188 valence electrons. The molecule has 1 saturated heterocycles. The van der Waals surface area contributed by atoms with Crippen molar-refractivity contribution in [1.82, 2.24) is 19.4 Å². The summed E-state index contributed by atoms with van der Waals surface area (Å²) >= 11 is 0. The molecule has 3 aliphatic rings. The number of nitrogens with zero attached hydrogens (tertiary/aromatic N) is 3. The van der Waals surface area contributed by atoms with Crippen LogP contribution in [0.15, 0.2) is 42.5 Å². The number of phenols is 1. The van der Waals surface area contributed by atoms with E-state index in [0.29, 0.717) is 18.5 Å². The number of carbonyl (C=O) groups is 1. The molecule has 0 saturated carbocycles. The van der Waals surface area contributed by atoms with E-state index in [9.17, 15) is 9.90 Å². The van der Waals surface area contributed by atoms with E-state index in [1.807, 2.05) is 6.07 Å². The first kappa shape index (κ1) is 21.5. The zero-order chi connectivity index (χ0) is 25.4. The van der Waals surface area contributed by atoms with Crippen LogP contribution in [0.1, 0.15) is 35.5 Å². The van der Waals surface area contributed by atoms with Crippen LogP contribution in [0, 0.1) is 0 Å². The van der Waals surface area contributed by atoms with Gasteiger partial charge in [-0.25, -0.2) is 0 Å². The Morgan fingerprint density at radius 2 is 1.92 bits per heavy atom. The lowest BCUT2D eigenvalue weighted by molar-refractivity contribution is -0.266. The van der Waals surface area contributed by atoms with Crippen molar-refractivity contribution >= 4 is 49.5 Å². The number of benzene rings is 3. The fourth-order valence-electron chi connectivity index (χ4n) is 7.55. The average molecular weight is 497 g/mol. The largest absolute Gasteiger partial charge is 0.508 e. The molecule has 5 heterocycles. The number of aromatic hydroxyl groups is 1. The number of para-hydroxylation sites is 1. The molecular weight excluding hydrogens is 468 g/mol. The molecule has 5 aromatic rings. The lowest BCUT2D eigenvalue weighted by Crippen LogP contribution is -2.59. The number of hydrogen-bond acceptors (Lipinski definition) is 5. The number of amides is 1. The van der Waals surface area contributed by atoms with Gasteiger partial charge in [-0.2, -0.15) is 0 Å². The van der Waals surface area contributed by atoms with Gasteiger partial charge in [0.05, 0.1) is 27.6 Å². The number of ether oxygens (including phenoxy) is 2. The maximum absolute atomic E-state index is 13.4. The van der Waals surface area contributed by atoms with Crippen molar-refractivity contribution in [2.45, 2.75) is 44.0 Å². The molecule has 0 aliphatic carbocycles. The van der Waals surface area contributed by atoms with Gasteiger partial charge >= 0.3 is 0 Å². The molecule has 4 atom stereocenters. The Kier molecular flexibility index (Phi) is 3.97. The van der Waals surface area contributed by atoms with Crippen LogP contribution < -0.4 is 5.32 Å². The molecule has 0 unspecified atom stereocenters. The fourth-order valence-corrected chi connectivity index (χ4v) is 7.55. The van der Waals surface area contributed by atoms with E-state index in [4.69, 9.17) is 9.47 Å². The summed E-state index contributed by atoms with van der Waals surface area (Å²) in [6, 6.07) is 13.9. The Balaban J connectivity index is 1.70. The minimum Gasteiger partial charge on any atom is -0.508 e. The van der Waals surface area contributed by atoms with Crippen LogP contribution >= 0.6 is 0 Å². The van der Waals surface area contributed by atoms with Crippen molar-refractivity contribution < 1.29 is 19.4 Å². The summed E-state index contributed by atoms with van der Waals surface area (Å²) in [5.74, 6) is 0.104. The second kappa shape index (κ2) is 6.83. The van der Waals surface area contributed by atoms with Crippen molar-refractivity contribution in [3.05, 3.63) is 53.6 Å². The van der Waals surface area contributed by atoms with Crippen LogP contribution in [0.5, 0.6) is 5.75 Å². The number of carbonyl (C=O) groups excluding carboxylic acids is 1. The van der Waals surface area contributed by atoms with Crippen molar-refractivity contribution in [1.29, 1.82) is 0 Å². The SMILES string of the molecule is CO[C@@H]1[C@H](N(C)C)C[C@@H]2O[C@@]1(C)n1c3ccccc3c3c4c(c5c6cc(O)ccc6n2c5c31)C(=O)NC4. The first-order valence-corrected chi connectivity index (χ1v) is 12.8. The van der Waals surface area contributed by atoms with Gasteiger partial charge < -0.3 is 33.9 Å². The van der Waals surface area contributed by atoms with Crippen molar-refractivity contribution in [3.63, 3.8) is 0 Å². The molecule has 8 nitrogen and oxygen atoms in total. The molecule has 0 radical (unpaired) electrons. The maximum Gasteiger partial charge on any atom is 0.252 e. The minimum atomic E-state index is -0.812. The fraction of sp³-hybridized carbons (Fsp3) is 0.345. The first-order valence-electron chi connectivity index (χ1n) is 12.8. The van der Waals surface area contributed by atoms with E-state index in [1.165, 1.54) is 0 Å². The predicted octanol–water partition coefficient (Wildman–Crippen LogP) is 4.40. The third-order valence-corrected chi connectivity index (χ3v) is 8.94. The van der Waals surface area contributed by atoms with Crippen LogP contribution in [-0.4, -0.2) is 58.4 Å². The number of hydrogen-bond donors (Lipinski definition) is 2. The Hall–Kier alpha value is -3.59. The summed E-state index contributed by atoms with van der Waals surface area (Å²) in [7, 11) is 5.95. The van der Waals surface area contributed by atoms with Crippen molar-refractivity contribution in [2.75, 3.05) is 21.2 Å². The lowest BCUT2D eigenvalue weighted by Gasteiger charge is -2.50. The van der Waals surface area contributed by atoms with E-state index < -0.39 is 5.72 Å². The molecule has 3 aliphatic heterocycles. The van der Waals surface area contributed by atoms with Gasteiger partial charge in [-0.3, -0.25) is 4.79 Å². The summed E-state index contributed by atoms with van der Waals surface area (Å²) in [5, 5.41) is 17.5. The van der Waals surface area contributed by atoms with E-state index in [0.717, 1.165) is 49.2 Å². The standard InChI is InChI=1S/C29H28N4O4/c1-29-27(36-4)20(31(2)3)12-21(37-29)32-18-10-9-14(34)11-16(18)23-24-17(13-30-28(24)35)22-15-7-5-6-8-19(15)33(29)26(22)25(23)32/h5-11,20-21,27,34H,12-13H2,1-4H3,(H,30,35)/t20-,21+,27-,29-/m1/s1. The second-order valence-corrected chi connectivity index (χ2v) is 11.0. The van der Waals surface area contributed by atoms with Crippen LogP contribution in [0.3, 0.4) is 0 Å². The average Bonchev–Trinajstić information content (AvgIpc) is 3.51. The molecule has 2 aromatic heterocycles. The summed E-state index contributed by atoms with van der Waals surface area (Å²) in [4.78, 5) is 15.6. The van der Waals surface area contributed by atoms with E-state index in [-0.39, 0.29) is 30.0 Å². The predicted molar refractivity (Wildman–Crippen MR) is 142 cm³/mol. The molecule has 1 fully saturated rings. The van der Waals surface area contributed by atoms with Crippen molar-refractivity contribution in [2.24, 2.45) is 0 Å². The van der Waals surface area contributed by atoms with Crippen LogP contribution in [0.25, 0.3) is 43.6 Å².